The summed E-state index contributed by atoms with van der Waals surface area (Å²) in [6, 6.07) is 12.9. The number of benzene rings is 2. The van der Waals surface area contributed by atoms with Crippen LogP contribution in [0.2, 0.25) is 0 Å². The predicted molar refractivity (Wildman–Crippen MR) is 96.9 cm³/mol. The quantitative estimate of drug-likeness (QED) is 0.745. The first-order chi connectivity index (χ1) is 12.0. The molecule has 0 fully saturated rings. The SMILES string of the molecule is CC(C)n1cnc2cc(CCNC(=O)Cc3ccccc3F)ccc21. The molecule has 0 radical (unpaired) electrons. The van der Waals surface area contributed by atoms with Gasteiger partial charge >= 0.3 is 0 Å². The van der Waals surface area contributed by atoms with Crippen molar-refractivity contribution in [1.29, 1.82) is 0 Å². The summed E-state index contributed by atoms with van der Waals surface area (Å²) in [5.74, 6) is -0.515. The van der Waals surface area contributed by atoms with E-state index in [9.17, 15) is 9.18 Å². The van der Waals surface area contributed by atoms with E-state index in [0.717, 1.165) is 16.6 Å². The molecule has 1 aromatic heterocycles. The molecule has 3 rings (SSSR count). The molecular weight excluding hydrogens is 317 g/mol. The van der Waals surface area contributed by atoms with E-state index in [1.807, 2.05) is 6.33 Å². The number of halogens is 1. The molecule has 130 valence electrons. The molecule has 25 heavy (non-hydrogen) atoms. The summed E-state index contributed by atoms with van der Waals surface area (Å²) in [5, 5.41) is 2.85. The lowest BCUT2D eigenvalue weighted by Crippen LogP contribution is -2.27. The Morgan fingerprint density at radius 1 is 1.24 bits per heavy atom. The van der Waals surface area contributed by atoms with Gasteiger partial charge in [0, 0.05) is 12.6 Å². The lowest BCUT2D eigenvalue weighted by Gasteiger charge is -2.09. The number of nitrogens with zero attached hydrogens (tertiary/aromatic N) is 2. The van der Waals surface area contributed by atoms with E-state index in [0.29, 0.717) is 24.6 Å². The average Bonchev–Trinajstić information content (AvgIpc) is 3.00. The van der Waals surface area contributed by atoms with Gasteiger partial charge in [-0.25, -0.2) is 9.37 Å². The Hall–Kier alpha value is -2.69. The van der Waals surface area contributed by atoms with E-state index < -0.39 is 0 Å². The molecule has 0 aliphatic heterocycles. The van der Waals surface area contributed by atoms with Gasteiger partial charge in [-0.2, -0.15) is 0 Å². The van der Waals surface area contributed by atoms with Crippen molar-refractivity contribution in [2.24, 2.45) is 0 Å². The Morgan fingerprint density at radius 2 is 2.04 bits per heavy atom. The highest BCUT2D eigenvalue weighted by molar-refractivity contribution is 5.79. The summed E-state index contributed by atoms with van der Waals surface area (Å²) in [5.41, 5.74) is 3.61. The van der Waals surface area contributed by atoms with Gasteiger partial charge in [0.1, 0.15) is 5.82 Å². The fraction of sp³-hybridized carbons (Fsp3) is 0.300. The van der Waals surface area contributed by atoms with Gasteiger partial charge < -0.3 is 9.88 Å². The molecule has 1 N–H and O–H groups in total. The third kappa shape index (κ3) is 4.05. The molecule has 0 saturated heterocycles. The van der Waals surface area contributed by atoms with Crippen molar-refractivity contribution in [3.8, 4) is 0 Å². The van der Waals surface area contributed by atoms with Gasteiger partial charge in [0.25, 0.3) is 0 Å². The van der Waals surface area contributed by atoms with Gasteiger partial charge in [0.2, 0.25) is 5.91 Å². The number of fused-ring (bicyclic) bond motifs is 1. The lowest BCUT2D eigenvalue weighted by atomic mass is 10.1. The van der Waals surface area contributed by atoms with Crippen LogP contribution in [0.3, 0.4) is 0 Å². The third-order valence-corrected chi connectivity index (χ3v) is 4.24. The molecular formula is C20H22FN3O. The Kier molecular flexibility index (Phi) is 5.12. The van der Waals surface area contributed by atoms with Gasteiger partial charge in [-0.15, -0.1) is 0 Å². The zero-order valence-electron chi connectivity index (χ0n) is 14.5. The van der Waals surface area contributed by atoms with Gasteiger partial charge in [0.05, 0.1) is 23.8 Å². The van der Waals surface area contributed by atoms with E-state index in [4.69, 9.17) is 0 Å². The van der Waals surface area contributed by atoms with Gasteiger partial charge in [-0.3, -0.25) is 4.79 Å². The fourth-order valence-corrected chi connectivity index (χ4v) is 2.87. The normalized spacial score (nSPS) is 11.2. The van der Waals surface area contributed by atoms with E-state index >= 15 is 0 Å². The van der Waals surface area contributed by atoms with Crippen molar-refractivity contribution < 1.29 is 9.18 Å². The largest absolute Gasteiger partial charge is 0.355 e. The van der Waals surface area contributed by atoms with Gasteiger partial charge in [-0.05, 0) is 49.6 Å². The van der Waals surface area contributed by atoms with Gasteiger partial charge in [-0.1, -0.05) is 24.3 Å². The van der Waals surface area contributed by atoms with E-state index in [1.54, 1.807) is 18.2 Å². The topological polar surface area (TPSA) is 46.9 Å². The highest BCUT2D eigenvalue weighted by Gasteiger charge is 2.08. The maximum absolute atomic E-state index is 13.6. The summed E-state index contributed by atoms with van der Waals surface area (Å²) in [7, 11) is 0. The van der Waals surface area contributed by atoms with Crippen LogP contribution in [0.5, 0.6) is 0 Å². The second-order valence-corrected chi connectivity index (χ2v) is 6.44. The average molecular weight is 339 g/mol. The summed E-state index contributed by atoms with van der Waals surface area (Å²) in [6.45, 7) is 4.77. The van der Waals surface area contributed by atoms with Crippen molar-refractivity contribution in [1.82, 2.24) is 14.9 Å². The van der Waals surface area contributed by atoms with Crippen molar-refractivity contribution in [3.63, 3.8) is 0 Å². The highest BCUT2D eigenvalue weighted by atomic mass is 19.1. The minimum atomic E-state index is -0.344. The molecule has 4 nitrogen and oxygen atoms in total. The molecule has 0 aliphatic rings. The zero-order chi connectivity index (χ0) is 17.8. The van der Waals surface area contributed by atoms with Crippen LogP contribution in [0.1, 0.15) is 31.0 Å². The molecule has 1 amide bonds. The molecule has 0 bridgehead atoms. The van der Waals surface area contributed by atoms with Crippen molar-refractivity contribution >= 4 is 16.9 Å². The Labute approximate surface area is 146 Å². The third-order valence-electron chi connectivity index (χ3n) is 4.24. The van der Waals surface area contributed by atoms with Gasteiger partial charge in [0.15, 0.2) is 0 Å². The predicted octanol–water partition coefficient (Wildman–Crippen LogP) is 3.66. The van der Waals surface area contributed by atoms with Crippen LogP contribution in [0, 0.1) is 5.82 Å². The number of rotatable bonds is 6. The first-order valence-electron chi connectivity index (χ1n) is 8.50. The van der Waals surface area contributed by atoms with Crippen LogP contribution in [-0.2, 0) is 17.6 Å². The second-order valence-electron chi connectivity index (χ2n) is 6.44. The molecule has 0 unspecified atom stereocenters. The van der Waals surface area contributed by atoms with Crippen molar-refractivity contribution in [2.75, 3.05) is 6.54 Å². The Balaban J connectivity index is 1.56. The number of imidazole rings is 1. The number of nitrogens with one attached hydrogen (secondary N) is 1. The number of hydrogen-bond acceptors (Lipinski definition) is 2. The first kappa shape index (κ1) is 17.1. The second kappa shape index (κ2) is 7.47. The molecule has 2 aromatic carbocycles. The Bertz CT molecular complexity index is 886. The van der Waals surface area contributed by atoms with Crippen LogP contribution in [0.4, 0.5) is 4.39 Å². The number of aromatic nitrogens is 2. The summed E-state index contributed by atoms with van der Waals surface area (Å²) in [6.07, 6.45) is 2.63. The molecule has 5 heteroatoms. The highest BCUT2D eigenvalue weighted by Crippen LogP contribution is 2.19. The minimum absolute atomic E-state index is 0.0600. The maximum atomic E-state index is 13.6. The number of hydrogen-bond donors (Lipinski definition) is 1. The summed E-state index contributed by atoms with van der Waals surface area (Å²) in [4.78, 5) is 16.4. The number of carbonyl (C=O) groups excluding carboxylic acids is 1. The molecule has 0 spiro atoms. The van der Waals surface area contributed by atoms with Crippen molar-refractivity contribution in [2.45, 2.75) is 32.7 Å². The van der Waals surface area contributed by atoms with Crippen molar-refractivity contribution in [3.05, 3.63) is 65.7 Å². The number of carbonyl (C=O) groups is 1. The Morgan fingerprint density at radius 3 is 2.80 bits per heavy atom. The first-order valence-corrected chi connectivity index (χ1v) is 8.50. The lowest BCUT2D eigenvalue weighted by molar-refractivity contribution is -0.120. The number of amides is 1. The van der Waals surface area contributed by atoms with Crippen LogP contribution >= 0.6 is 0 Å². The molecule has 1 heterocycles. The molecule has 3 aromatic rings. The minimum Gasteiger partial charge on any atom is -0.355 e. The smallest absolute Gasteiger partial charge is 0.224 e. The van der Waals surface area contributed by atoms with E-state index in [2.05, 4.69) is 46.9 Å². The van der Waals surface area contributed by atoms with Crippen LogP contribution in [0.15, 0.2) is 48.8 Å². The molecule has 0 atom stereocenters. The van der Waals surface area contributed by atoms with E-state index in [1.165, 1.54) is 6.07 Å². The van der Waals surface area contributed by atoms with E-state index in [-0.39, 0.29) is 18.1 Å². The zero-order valence-corrected chi connectivity index (χ0v) is 14.5. The molecule has 0 saturated carbocycles. The summed E-state index contributed by atoms with van der Waals surface area (Å²) >= 11 is 0. The summed E-state index contributed by atoms with van der Waals surface area (Å²) < 4.78 is 15.7. The monoisotopic (exact) mass is 339 g/mol. The van der Waals surface area contributed by atoms with Crippen LogP contribution < -0.4 is 5.32 Å². The fourth-order valence-electron chi connectivity index (χ4n) is 2.87. The van der Waals surface area contributed by atoms with Crippen LogP contribution in [0.25, 0.3) is 11.0 Å². The molecule has 0 aliphatic carbocycles. The standard InChI is InChI=1S/C20H22FN3O/c1-14(2)24-13-23-18-11-15(7-8-19(18)24)9-10-22-20(25)12-16-5-3-4-6-17(16)21/h3-8,11,13-14H,9-10,12H2,1-2H3,(H,22,25). The van der Waals surface area contributed by atoms with Crippen LogP contribution in [-0.4, -0.2) is 22.0 Å². The maximum Gasteiger partial charge on any atom is 0.224 e.